The van der Waals surface area contributed by atoms with Gasteiger partial charge in [0.15, 0.2) is 0 Å². The lowest BCUT2D eigenvalue weighted by Crippen LogP contribution is -2.16. The lowest BCUT2D eigenvalue weighted by molar-refractivity contribution is 0.598. The van der Waals surface area contributed by atoms with E-state index in [2.05, 4.69) is 9.82 Å². The van der Waals surface area contributed by atoms with Crippen molar-refractivity contribution in [1.29, 1.82) is 0 Å². The second-order valence-electron chi connectivity index (χ2n) is 3.89. The molecule has 0 spiro atoms. The number of fused-ring (bicyclic) bond motifs is 1. The Hall–Kier alpha value is -1.56. The second kappa shape index (κ2) is 4.75. The molecule has 0 aliphatic carbocycles. The molecule has 6 heteroatoms. The van der Waals surface area contributed by atoms with E-state index in [0.29, 0.717) is 12.1 Å². The lowest BCUT2D eigenvalue weighted by Gasteiger charge is -2.07. The van der Waals surface area contributed by atoms with E-state index in [1.54, 1.807) is 29.0 Å². The van der Waals surface area contributed by atoms with E-state index in [-0.39, 0.29) is 5.75 Å². The Morgan fingerprint density at radius 1 is 1.41 bits per heavy atom. The normalized spacial score (nSPS) is 11.8. The van der Waals surface area contributed by atoms with Crippen LogP contribution in [0.25, 0.3) is 5.52 Å². The maximum absolute atomic E-state index is 11.7. The highest BCUT2D eigenvalue weighted by Gasteiger charge is 2.09. The third-order valence-electron chi connectivity index (χ3n) is 2.44. The van der Waals surface area contributed by atoms with Crippen molar-refractivity contribution in [2.75, 3.05) is 10.5 Å². The van der Waals surface area contributed by atoms with E-state index < -0.39 is 10.0 Å². The van der Waals surface area contributed by atoms with Gasteiger partial charge in [0.2, 0.25) is 10.0 Å². The number of sulfonamides is 1. The molecule has 2 rings (SSSR count). The van der Waals surface area contributed by atoms with Crippen molar-refractivity contribution >= 4 is 21.2 Å². The number of nitrogens with zero attached hydrogens (tertiary/aromatic N) is 2. The van der Waals surface area contributed by atoms with E-state index in [1.165, 1.54) is 0 Å². The van der Waals surface area contributed by atoms with Gasteiger partial charge in [-0.05, 0) is 24.6 Å². The maximum atomic E-state index is 11.7. The summed E-state index contributed by atoms with van der Waals surface area (Å²) in [5.41, 5.74) is 1.44. The number of anilines is 1. The van der Waals surface area contributed by atoms with Crippen molar-refractivity contribution in [2.24, 2.45) is 0 Å². The van der Waals surface area contributed by atoms with Crippen molar-refractivity contribution < 1.29 is 8.42 Å². The minimum atomic E-state index is -3.23. The molecule has 0 fully saturated rings. The highest BCUT2D eigenvalue weighted by atomic mass is 32.2. The Labute approximate surface area is 101 Å². The molecule has 0 amide bonds. The molecule has 0 saturated heterocycles. The molecule has 0 atom stereocenters. The predicted molar refractivity (Wildman–Crippen MR) is 67.5 cm³/mol. The van der Waals surface area contributed by atoms with E-state index in [4.69, 9.17) is 0 Å². The molecule has 1 N–H and O–H groups in total. The van der Waals surface area contributed by atoms with Gasteiger partial charge in [-0.15, -0.1) is 0 Å². The smallest absolute Gasteiger partial charge is 0.232 e. The fraction of sp³-hybridized carbons (Fsp3) is 0.364. The fourth-order valence-electron chi connectivity index (χ4n) is 1.55. The van der Waals surface area contributed by atoms with Crippen molar-refractivity contribution in [3.8, 4) is 0 Å². The van der Waals surface area contributed by atoms with Crippen LogP contribution in [0.5, 0.6) is 0 Å². The summed E-state index contributed by atoms with van der Waals surface area (Å²) < 4.78 is 27.6. The summed E-state index contributed by atoms with van der Waals surface area (Å²) in [5.74, 6) is 0.161. The fourth-order valence-corrected chi connectivity index (χ4v) is 2.81. The van der Waals surface area contributed by atoms with Gasteiger partial charge >= 0.3 is 0 Å². The van der Waals surface area contributed by atoms with Crippen LogP contribution in [0.15, 0.2) is 30.6 Å². The molecule has 0 aliphatic heterocycles. The van der Waals surface area contributed by atoms with Crippen molar-refractivity contribution in [3.05, 3.63) is 30.6 Å². The summed E-state index contributed by atoms with van der Waals surface area (Å²) in [6, 6.07) is 5.28. The van der Waals surface area contributed by atoms with Crippen LogP contribution in [0.3, 0.4) is 0 Å². The van der Waals surface area contributed by atoms with E-state index in [0.717, 1.165) is 11.9 Å². The second-order valence-corrected chi connectivity index (χ2v) is 5.73. The van der Waals surface area contributed by atoms with E-state index >= 15 is 0 Å². The lowest BCUT2D eigenvalue weighted by atomic mass is 10.4. The van der Waals surface area contributed by atoms with Crippen LogP contribution in [0.4, 0.5) is 5.69 Å². The van der Waals surface area contributed by atoms with Crippen LogP contribution in [-0.4, -0.2) is 23.8 Å². The highest BCUT2D eigenvalue weighted by Crippen LogP contribution is 2.13. The van der Waals surface area contributed by atoms with Gasteiger partial charge in [-0.25, -0.2) is 12.9 Å². The first-order chi connectivity index (χ1) is 8.11. The summed E-state index contributed by atoms with van der Waals surface area (Å²) in [7, 11) is -3.23. The standard InChI is InChI=1S/C11H15N3O2S/c1-2-3-8-17(15,16)13-10-5-7-14-11(9-10)4-6-12-14/h4-7,9,13H,2-3,8H2,1H3. The van der Waals surface area contributed by atoms with Crippen LogP contribution in [-0.2, 0) is 10.0 Å². The molecule has 2 aromatic heterocycles. The third kappa shape index (κ3) is 2.97. The highest BCUT2D eigenvalue weighted by molar-refractivity contribution is 7.92. The number of unbranched alkanes of at least 4 members (excludes halogenated alkanes) is 1. The largest absolute Gasteiger partial charge is 0.283 e. The van der Waals surface area contributed by atoms with Gasteiger partial charge in [0, 0.05) is 12.4 Å². The Bertz CT molecular complexity index is 604. The van der Waals surface area contributed by atoms with Crippen LogP contribution in [0.2, 0.25) is 0 Å². The number of pyridine rings is 1. The molecule has 0 radical (unpaired) electrons. The van der Waals surface area contributed by atoms with Crippen LogP contribution < -0.4 is 4.72 Å². The van der Waals surface area contributed by atoms with Gasteiger partial charge in [0.05, 0.1) is 17.0 Å². The Kier molecular flexibility index (Phi) is 3.33. The molecular weight excluding hydrogens is 238 g/mol. The number of hydrogen-bond acceptors (Lipinski definition) is 3. The molecule has 0 aliphatic rings. The number of hydrogen-bond donors (Lipinski definition) is 1. The van der Waals surface area contributed by atoms with Gasteiger partial charge in [0.25, 0.3) is 0 Å². The monoisotopic (exact) mass is 253 g/mol. The van der Waals surface area contributed by atoms with Crippen LogP contribution >= 0.6 is 0 Å². The zero-order valence-corrected chi connectivity index (χ0v) is 10.4. The first-order valence-electron chi connectivity index (χ1n) is 5.54. The van der Waals surface area contributed by atoms with Crippen LogP contribution in [0, 0.1) is 0 Å². The Morgan fingerprint density at radius 2 is 2.24 bits per heavy atom. The zero-order chi connectivity index (χ0) is 12.3. The average Bonchev–Trinajstić information content (AvgIpc) is 2.73. The van der Waals surface area contributed by atoms with Gasteiger partial charge < -0.3 is 0 Å². The first kappa shape index (κ1) is 11.9. The first-order valence-corrected chi connectivity index (χ1v) is 7.20. The van der Waals surface area contributed by atoms with Crippen molar-refractivity contribution in [3.63, 3.8) is 0 Å². The molecule has 17 heavy (non-hydrogen) atoms. The molecule has 5 nitrogen and oxygen atoms in total. The maximum Gasteiger partial charge on any atom is 0.232 e. The molecule has 92 valence electrons. The molecule has 0 aromatic carbocycles. The number of aromatic nitrogens is 2. The zero-order valence-electron chi connectivity index (χ0n) is 9.63. The molecule has 0 saturated carbocycles. The van der Waals surface area contributed by atoms with Crippen molar-refractivity contribution in [2.45, 2.75) is 19.8 Å². The van der Waals surface area contributed by atoms with Crippen LogP contribution in [0.1, 0.15) is 19.8 Å². The SMILES string of the molecule is CCCCS(=O)(=O)Nc1ccn2nccc2c1. The number of rotatable bonds is 5. The summed E-state index contributed by atoms with van der Waals surface area (Å²) in [6.07, 6.45) is 4.94. The minimum absolute atomic E-state index is 0.161. The van der Waals surface area contributed by atoms with E-state index in [1.807, 2.05) is 13.0 Å². The third-order valence-corrected chi connectivity index (χ3v) is 3.81. The summed E-state index contributed by atoms with van der Waals surface area (Å²) in [4.78, 5) is 0. The topological polar surface area (TPSA) is 63.5 Å². The number of nitrogens with one attached hydrogen (secondary N) is 1. The van der Waals surface area contributed by atoms with Gasteiger partial charge in [-0.2, -0.15) is 5.10 Å². The summed E-state index contributed by atoms with van der Waals surface area (Å²) >= 11 is 0. The van der Waals surface area contributed by atoms with E-state index in [9.17, 15) is 8.42 Å². The average molecular weight is 253 g/mol. The summed E-state index contributed by atoms with van der Waals surface area (Å²) in [6.45, 7) is 1.97. The molecule has 2 aromatic rings. The van der Waals surface area contributed by atoms with Crippen molar-refractivity contribution in [1.82, 2.24) is 9.61 Å². The Morgan fingerprint density at radius 3 is 3.00 bits per heavy atom. The minimum Gasteiger partial charge on any atom is -0.283 e. The van der Waals surface area contributed by atoms with Gasteiger partial charge in [-0.3, -0.25) is 4.72 Å². The molecule has 0 bridgehead atoms. The molecular formula is C11H15N3O2S. The molecule has 2 heterocycles. The predicted octanol–water partition coefficient (Wildman–Crippen LogP) is 1.88. The van der Waals surface area contributed by atoms with Gasteiger partial charge in [-0.1, -0.05) is 13.3 Å². The van der Waals surface area contributed by atoms with Gasteiger partial charge in [0.1, 0.15) is 0 Å². The molecule has 0 unspecified atom stereocenters. The Balaban J connectivity index is 2.17. The summed E-state index contributed by atoms with van der Waals surface area (Å²) in [5, 5.41) is 4.05. The quantitative estimate of drug-likeness (QED) is 0.884.